The predicted octanol–water partition coefficient (Wildman–Crippen LogP) is 0.470. The van der Waals surface area contributed by atoms with Crippen molar-refractivity contribution in [3.05, 3.63) is 34.3 Å². The zero-order chi connectivity index (χ0) is 10.8. The summed E-state index contributed by atoms with van der Waals surface area (Å²) in [5, 5.41) is 0. The van der Waals surface area contributed by atoms with E-state index >= 15 is 0 Å². The molecule has 1 aromatic carbocycles. The number of H-pyrrole nitrogens is 1. The quantitative estimate of drug-likeness (QED) is 0.681. The summed E-state index contributed by atoms with van der Waals surface area (Å²) < 4.78 is 4.94. The molecule has 80 valence electrons. The largest absolute Gasteiger partial charge is 0.417 e. The van der Waals surface area contributed by atoms with Crippen LogP contribution >= 0.6 is 0 Å². The Hall–Kier alpha value is -1.59. The van der Waals surface area contributed by atoms with Gasteiger partial charge in [0.25, 0.3) is 0 Å². The molecule has 5 nitrogen and oxygen atoms in total. The Morgan fingerprint density at radius 1 is 1.47 bits per heavy atom. The number of rotatable bonds is 3. The number of hydrogen-bond acceptors (Lipinski definition) is 4. The first kappa shape index (κ1) is 9.95. The molecule has 0 radical (unpaired) electrons. The van der Waals surface area contributed by atoms with Crippen LogP contribution in [0.15, 0.2) is 27.4 Å². The molecule has 0 aliphatic heterocycles. The van der Waals surface area contributed by atoms with Crippen LogP contribution in [0.1, 0.15) is 18.0 Å². The van der Waals surface area contributed by atoms with E-state index in [4.69, 9.17) is 15.9 Å². The number of oxazole rings is 1. The fourth-order valence-corrected chi connectivity index (χ4v) is 1.54. The molecule has 5 N–H and O–H groups in total. The third-order valence-corrected chi connectivity index (χ3v) is 2.35. The molecule has 15 heavy (non-hydrogen) atoms. The summed E-state index contributed by atoms with van der Waals surface area (Å²) in [6.07, 6.45) is 0.708. The van der Waals surface area contributed by atoms with Crippen molar-refractivity contribution in [1.29, 1.82) is 0 Å². The molecule has 1 atom stereocenters. The summed E-state index contributed by atoms with van der Waals surface area (Å²) in [6.45, 7) is 0.538. The van der Waals surface area contributed by atoms with Gasteiger partial charge < -0.3 is 15.9 Å². The van der Waals surface area contributed by atoms with Gasteiger partial charge in [0.2, 0.25) is 0 Å². The molecule has 0 aliphatic rings. The zero-order valence-corrected chi connectivity index (χ0v) is 8.19. The molecule has 0 spiro atoms. The van der Waals surface area contributed by atoms with E-state index in [1.807, 2.05) is 6.07 Å². The number of nitrogens with two attached hydrogens (primary N) is 2. The van der Waals surface area contributed by atoms with Gasteiger partial charge in [0, 0.05) is 6.04 Å². The lowest BCUT2D eigenvalue weighted by Crippen LogP contribution is -2.15. The van der Waals surface area contributed by atoms with Crippen LogP contribution in [0, 0.1) is 0 Å². The monoisotopic (exact) mass is 207 g/mol. The zero-order valence-electron chi connectivity index (χ0n) is 8.19. The maximum atomic E-state index is 10.9. The van der Waals surface area contributed by atoms with Crippen molar-refractivity contribution in [2.75, 3.05) is 6.54 Å². The Labute approximate surface area is 86.1 Å². The third kappa shape index (κ3) is 1.93. The lowest BCUT2D eigenvalue weighted by atomic mass is 10.0. The Kier molecular flexibility index (Phi) is 2.57. The highest BCUT2D eigenvalue weighted by Crippen LogP contribution is 2.18. The molecular formula is C10H13N3O2. The van der Waals surface area contributed by atoms with Crippen LogP contribution < -0.4 is 17.2 Å². The van der Waals surface area contributed by atoms with E-state index in [-0.39, 0.29) is 6.04 Å². The van der Waals surface area contributed by atoms with E-state index in [0.29, 0.717) is 24.1 Å². The maximum Gasteiger partial charge on any atom is 0.417 e. The van der Waals surface area contributed by atoms with Crippen LogP contribution in [0.3, 0.4) is 0 Å². The molecule has 5 heteroatoms. The Bertz CT molecular complexity index is 515. The maximum absolute atomic E-state index is 10.9. The average molecular weight is 207 g/mol. The number of aromatic nitrogens is 1. The van der Waals surface area contributed by atoms with Gasteiger partial charge in [0.1, 0.15) is 0 Å². The van der Waals surface area contributed by atoms with E-state index in [0.717, 1.165) is 5.56 Å². The fraction of sp³-hybridized carbons (Fsp3) is 0.300. The minimum atomic E-state index is -0.449. The number of hydrogen-bond donors (Lipinski definition) is 3. The van der Waals surface area contributed by atoms with Crippen molar-refractivity contribution in [3.8, 4) is 0 Å². The number of aromatic amines is 1. The van der Waals surface area contributed by atoms with Crippen LogP contribution in [0.2, 0.25) is 0 Å². The third-order valence-electron chi connectivity index (χ3n) is 2.35. The highest BCUT2D eigenvalue weighted by atomic mass is 16.4. The van der Waals surface area contributed by atoms with Gasteiger partial charge in [0.05, 0.1) is 5.52 Å². The Morgan fingerprint density at radius 3 is 3.00 bits per heavy atom. The van der Waals surface area contributed by atoms with Crippen LogP contribution in [-0.2, 0) is 0 Å². The molecular weight excluding hydrogens is 194 g/mol. The van der Waals surface area contributed by atoms with Crippen LogP contribution in [-0.4, -0.2) is 11.5 Å². The smallest absolute Gasteiger partial charge is 0.408 e. The second kappa shape index (κ2) is 3.88. The van der Waals surface area contributed by atoms with E-state index < -0.39 is 5.76 Å². The second-order valence-electron chi connectivity index (χ2n) is 3.45. The van der Waals surface area contributed by atoms with Gasteiger partial charge in [0.15, 0.2) is 5.58 Å². The molecule has 0 aliphatic carbocycles. The Balaban J connectivity index is 2.41. The van der Waals surface area contributed by atoms with Crippen LogP contribution in [0.25, 0.3) is 11.1 Å². The van der Waals surface area contributed by atoms with E-state index in [1.165, 1.54) is 0 Å². The summed E-state index contributed by atoms with van der Waals surface area (Å²) >= 11 is 0. The fourth-order valence-electron chi connectivity index (χ4n) is 1.54. The Morgan fingerprint density at radius 2 is 2.27 bits per heavy atom. The van der Waals surface area contributed by atoms with E-state index in [2.05, 4.69) is 4.98 Å². The first-order valence-corrected chi connectivity index (χ1v) is 4.79. The number of benzene rings is 1. The second-order valence-corrected chi connectivity index (χ2v) is 3.45. The van der Waals surface area contributed by atoms with E-state index in [9.17, 15) is 4.79 Å². The molecule has 0 amide bonds. The topological polar surface area (TPSA) is 98.0 Å². The minimum absolute atomic E-state index is 0.111. The van der Waals surface area contributed by atoms with E-state index in [1.54, 1.807) is 12.1 Å². The summed E-state index contributed by atoms with van der Waals surface area (Å²) in [5.74, 6) is -0.449. The predicted molar refractivity (Wildman–Crippen MR) is 57.4 cm³/mol. The lowest BCUT2D eigenvalue weighted by molar-refractivity contribution is 0.554. The average Bonchev–Trinajstić information content (AvgIpc) is 2.57. The van der Waals surface area contributed by atoms with Gasteiger partial charge in [-0.1, -0.05) is 6.07 Å². The number of nitrogens with one attached hydrogen (secondary N) is 1. The molecule has 1 unspecified atom stereocenters. The van der Waals surface area contributed by atoms with Crippen molar-refractivity contribution in [3.63, 3.8) is 0 Å². The lowest BCUT2D eigenvalue weighted by Gasteiger charge is -2.09. The normalized spacial score (nSPS) is 13.2. The summed E-state index contributed by atoms with van der Waals surface area (Å²) in [7, 11) is 0. The molecule has 2 rings (SSSR count). The summed E-state index contributed by atoms with van der Waals surface area (Å²) in [6, 6.07) is 5.31. The van der Waals surface area contributed by atoms with Crippen molar-refractivity contribution in [1.82, 2.24) is 4.98 Å². The molecule has 1 aromatic heterocycles. The van der Waals surface area contributed by atoms with Gasteiger partial charge in [-0.05, 0) is 30.7 Å². The molecule has 1 heterocycles. The molecule has 0 fully saturated rings. The van der Waals surface area contributed by atoms with Gasteiger partial charge in [-0.3, -0.25) is 4.98 Å². The summed E-state index contributed by atoms with van der Waals surface area (Å²) in [4.78, 5) is 13.5. The van der Waals surface area contributed by atoms with Crippen molar-refractivity contribution in [2.24, 2.45) is 11.5 Å². The van der Waals surface area contributed by atoms with Crippen LogP contribution in [0.5, 0.6) is 0 Å². The van der Waals surface area contributed by atoms with Gasteiger partial charge in [-0.15, -0.1) is 0 Å². The van der Waals surface area contributed by atoms with Crippen molar-refractivity contribution >= 4 is 11.1 Å². The van der Waals surface area contributed by atoms with Gasteiger partial charge in [-0.25, -0.2) is 4.79 Å². The molecule has 0 saturated heterocycles. The minimum Gasteiger partial charge on any atom is -0.408 e. The highest BCUT2D eigenvalue weighted by molar-refractivity contribution is 5.72. The number of fused-ring (bicyclic) bond motifs is 1. The summed E-state index contributed by atoms with van der Waals surface area (Å²) in [5.41, 5.74) is 13.5. The first-order chi connectivity index (χ1) is 7.20. The van der Waals surface area contributed by atoms with Crippen LogP contribution in [0.4, 0.5) is 0 Å². The molecule has 0 bridgehead atoms. The standard InChI is InChI=1S/C10H13N3O2/c11-4-3-7(12)6-1-2-8-9(5-6)15-10(14)13-8/h1-2,5,7H,3-4,11-12H2,(H,13,14). The molecule has 0 saturated carbocycles. The van der Waals surface area contributed by atoms with Crippen molar-refractivity contribution in [2.45, 2.75) is 12.5 Å². The van der Waals surface area contributed by atoms with Crippen molar-refractivity contribution < 1.29 is 4.42 Å². The molecule has 2 aromatic rings. The SMILES string of the molecule is NCCC(N)c1ccc2[nH]c(=O)oc2c1. The first-order valence-electron chi connectivity index (χ1n) is 4.79. The highest BCUT2D eigenvalue weighted by Gasteiger charge is 2.07. The van der Waals surface area contributed by atoms with Gasteiger partial charge >= 0.3 is 5.76 Å². The van der Waals surface area contributed by atoms with Gasteiger partial charge in [-0.2, -0.15) is 0 Å².